The van der Waals surface area contributed by atoms with Crippen molar-refractivity contribution in [2.24, 2.45) is 5.73 Å². The van der Waals surface area contributed by atoms with Gasteiger partial charge in [-0.3, -0.25) is 4.79 Å². The summed E-state index contributed by atoms with van der Waals surface area (Å²) >= 11 is 0. The summed E-state index contributed by atoms with van der Waals surface area (Å²) in [5.41, 5.74) is 5.33. The van der Waals surface area contributed by atoms with Crippen LogP contribution in [0.2, 0.25) is 0 Å². The van der Waals surface area contributed by atoms with E-state index < -0.39 is 0 Å². The molecule has 0 unspecified atom stereocenters. The first-order chi connectivity index (χ1) is 6.81. The molecule has 0 radical (unpaired) electrons. The molecule has 84 valence electrons. The maximum absolute atomic E-state index is 11.1. The van der Waals surface area contributed by atoms with Crippen molar-refractivity contribution < 1.29 is 14.3 Å². The van der Waals surface area contributed by atoms with Gasteiger partial charge in [0.25, 0.3) is 0 Å². The van der Waals surface area contributed by atoms with E-state index in [1.807, 2.05) is 6.92 Å². The van der Waals surface area contributed by atoms with Crippen molar-refractivity contribution in [3.63, 3.8) is 0 Å². The van der Waals surface area contributed by atoms with Crippen LogP contribution >= 0.6 is 0 Å². The minimum atomic E-state index is -0.137. The fourth-order valence-corrected chi connectivity index (χ4v) is 1.02. The smallest absolute Gasteiger partial charge is 0.305 e. The lowest BCUT2D eigenvalue weighted by molar-refractivity contribution is -0.145. The van der Waals surface area contributed by atoms with E-state index in [0.29, 0.717) is 32.8 Å². The summed E-state index contributed by atoms with van der Waals surface area (Å²) in [5.74, 6) is -0.137. The topological polar surface area (TPSA) is 61.5 Å². The van der Waals surface area contributed by atoms with Crippen LogP contribution in [0.15, 0.2) is 0 Å². The first-order valence-electron chi connectivity index (χ1n) is 5.24. The monoisotopic (exact) mass is 203 g/mol. The minimum absolute atomic E-state index is 0.137. The SMILES string of the molecule is CCOCCOC(=O)CCCCCN. The lowest BCUT2D eigenvalue weighted by atomic mass is 10.2. The minimum Gasteiger partial charge on any atom is -0.463 e. The molecule has 0 aromatic rings. The second-order valence-electron chi connectivity index (χ2n) is 3.02. The zero-order chi connectivity index (χ0) is 10.6. The third kappa shape index (κ3) is 9.48. The molecule has 0 aliphatic heterocycles. The maximum atomic E-state index is 11.1. The van der Waals surface area contributed by atoms with E-state index in [2.05, 4.69) is 0 Å². The molecule has 2 N–H and O–H groups in total. The molecule has 0 spiro atoms. The summed E-state index contributed by atoms with van der Waals surface area (Å²) < 4.78 is 9.96. The van der Waals surface area contributed by atoms with E-state index in [0.717, 1.165) is 19.3 Å². The van der Waals surface area contributed by atoms with Gasteiger partial charge in [-0.05, 0) is 26.3 Å². The van der Waals surface area contributed by atoms with E-state index in [-0.39, 0.29) is 5.97 Å². The molecule has 14 heavy (non-hydrogen) atoms. The predicted molar refractivity (Wildman–Crippen MR) is 55.0 cm³/mol. The molecular weight excluding hydrogens is 182 g/mol. The van der Waals surface area contributed by atoms with E-state index >= 15 is 0 Å². The normalized spacial score (nSPS) is 10.1. The van der Waals surface area contributed by atoms with Gasteiger partial charge in [0.15, 0.2) is 0 Å². The Balaban J connectivity index is 3.11. The standard InChI is InChI=1S/C10H21NO3/c1-2-13-8-9-14-10(12)6-4-3-5-7-11/h2-9,11H2,1H3. The molecule has 4 nitrogen and oxygen atoms in total. The molecule has 0 saturated carbocycles. The average molecular weight is 203 g/mol. The molecule has 0 amide bonds. The zero-order valence-electron chi connectivity index (χ0n) is 8.96. The van der Waals surface area contributed by atoms with Gasteiger partial charge in [0.1, 0.15) is 6.61 Å². The average Bonchev–Trinajstić information content (AvgIpc) is 2.19. The Kier molecular flexibility index (Phi) is 10.0. The molecule has 0 fully saturated rings. The lowest BCUT2D eigenvalue weighted by Crippen LogP contribution is -2.10. The number of hydrogen-bond acceptors (Lipinski definition) is 4. The van der Waals surface area contributed by atoms with Crippen LogP contribution in [-0.2, 0) is 14.3 Å². The highest BCUT2D eigenvalue weighted by Gasteiger charge is 2.01. The third-order valence-corrected chi connectivity index (χ3v) is 1.78. The van der Waals surface area contributed by atoms with Gasteiger partial charge >= 0.3 is 5.97 Å². The van der Waals surface area contributed by atoms with Crippen molar-refractivity contribution >= 4 is 5.97 Å². The van der Waals surface area contributed by atoms with Gasteiger partial charge < -0.3 is 15.2 Å². The molecule has 0 rings (SSSR count). The van der Waals surface area contributed by atoms with E-state index in [1.165, 1.54) is 0 Å². The zero-order valence-corrected chi connectivity index (χ0v) is 8.96. The molecule has 0 saturated heterocycles. The second kappa shape index (κ2) is 10.5. The number of rotatable bonds is 9. The molecule has 0 aromatic heterocycles. The van der Waals surface area contributed by atoms with Crippen molar-refractivity contribution in [1.82, 2.24) is 0 Å². The molecule has 0 heterocycles. The summed E-state index contributed by atoms with van der Waals surface area (Å²) in [4.78, 5) is 11.1. The number of carbonyl (C=O) groups excluding carboxylic acids is 1. The Morgan fingerprint density at radius 3 is 2.64 bits per heavy atom. The molecule has 0 aromatic carbocycles. The molecule has 0 atom stereocenters. The first-order valence-corrected chi connectivity index (χ1v) is 5.24. The van der Waals surface area contributed by atoms with Gasteiger partial charge in [-0.25, -0.2) is 0 Å². The van der Waals surface area contributed by atoms with Crippen LogP contribution in [-0.4, -0.2) is 32.3 Å². The highest BCUT2D eigenvalue weighted by Crippen LogP contribution is 2.00. The molecule has 0 bridgehead atoms. The Hall–Kier alpha value is -0.610. The molecule has 4 heteroatoms. The highest BCUT2D eigenvalue weighted by atomic mass is 16.6. The number of hydrogen-bond donors (Lipinski definition) is 1. The van der Waals surface area contributed by atoms with E-state index in [4.69, 9.17) is 15.2 Å². The van der Waals surface area contributed by atoms with Gasteiger partial charge in [-0.15, -0.1) is 0 Å². The van der Waals surface area contributed by atoms with Crippen LogP contribution in [0.1, 0.15) is 32.6 Å². The fraction of sp³-hybridized carbons (Fsp3) is 0.900. The molecule has 0 aliphatic rings. The molecule has 0 aliphatic carbocycles. The van der Waals surface area contributed by atoms with Crippen molar-refractivity contribution in [1.29, 1.82) is 0 Å². The number of carbonyl (C=O) groups is 1. The van der Waals surface area contributed by atoms with Crippen LogP contribution in [0.3, 0.4) is 0 Å². The van der Waals surface area contributed by atoms with Crippen LogP contribution in [0.4, 0.5) is 0 Å². The third-order valence-electron chi connectivity index (χ3n) is 1.78. The van der Waals surface area contributed by atoms with E-state index in [9.17, 15) is 4.79 Å². The van der Waals surface area contributed by atoms with Crippen molar-refractivity contribution in [3.8, 4) is 0 Å². The Morgan fingerprint density at radius 1 is 1.21 bits per heavy atom. The van der Waals surface area contributed by atoms with Crippen LogP contribution < -0.4 is 5.73 Å². The van der Waals surface area contributed by atoms with Crippen LogP contribution in [0.25, 0.3) is 0 Å². The quantitative estimate of drug-likeness (QED) is 0.450. The van der Waals surface area contributed by atoms with Crippen molar-refractivity contribution in [2.75, 3.05) is 26.4 Å². The van der Waals surface area contributed by atoms with Gasteiger partial charge in [0, 0.05) is 13.0 Å². The fourth-order valence-electron chi connectivity index (χ4n) is 1.02. The number of unbranched alkanes of at least 4 members (excludes halogenated alkanes) is 2. The summed E-state index contributed by atoms with van der Waals surface area (Å²) in [6, 6.07) is 0. The summed E-state index contributed by atoms with van der Waals surface area (Å²) in [7, 11) is 0. The number of ether oxygens (including phenoxy) is 2. The van der Waals surface area contributed by atoms with Gasteiger partial charge in [0.2, 0.25) is 0 Å². The van der Waals surface area contributed by atoms with E-state index in [1.54, 1.807) is 0 Å². The first kappa shape index (κ1) is 13.4. The summed E-state index contributed by atoms with van der Waals surface area (Å²) in [6.45, 7) is 4.12. The summed E-state index contributed by atoms with van der Waals surface area (Å²) in [5, 5.41) is 0. The Morgan fingerprint density at radius 2 is 2.00 bits per heavy atom. The second-order valence-corrected chi connectivity index (χ2v) is 3.02. The van der Waals surface area contributed by atoms with Crippen LogP contribution in [0, 0.1) is 0 Å². The Bertz CT molecular complexity index is 125. The maximum Gasteiger partial charge on any atom is 0.305 e. The Labute approximate surface area is 85.8 Å². The highest BCUT2D eigenvalue weighted by molar-refractivity contribution is 5.69. The van der Waals surface area contributed by atoms with Crippen molar-refractivity contribution in [2.45, 2.75) is 32.6 Å². The summed E-state index contributed by atoms with van der Waals surface area (Å²) in [6.07, 6.45) is 3.33. The number of nitrogens with two attached hydrogens (primary N) is 1. The number of esters is 1. The van der Waals surface area contributed by atoms with Gasteiger partial charge in [-0.2, -0.15) is 0 Å². The molecular formula is C10H21NO3. The van der Waals surface area contributed by atoms with Crippen LogP contribution in [0.5, 0.6) is 0 Å². The lowest BCUT2D eigenvalue weighted by Gasteiger charge is -2.04. The van der Waals surface area contributed by atoms with Gasteiger partial charge in [0.05, 0.1) is 6.61 Å². The predicted octanol–water partition coefficient (Wildman–Crippen LogP) is 1.09. The van der Waals surface area contributed by atoms with Crippen molar-refractivity contribution in [3.05, 3.63) is 0 Å². The largest absolute Gasteiger partial charge is 0.463 e. The van der Waals surface area contributed by atoms with Gasteiger partial charge in [-0.1, -0.05) is 6.42 Å².